The lowest BCUT2D eigenvalue weighted by Gasteiger charge is -2.03. The van der Waals surface area contributed by atoms with Crippen LogP contribution in [0.15, 0.2) is 58.6 Å². The summed E-state index contributed by atoms with van der Waals surface area (Å²) in [5.41, 5.74) is 0.482. The molecule has 21 heavy (non-hydrogen) atoms. The fourth-order valence-electron chi connectivity index (χ4n) is 1.55. The predicted molar refractivity (Wildman–Crippen MR) is 81.4 cm³/mol. The van der Waals surface area contributed by atoms with E-state index in [-0.39, 0.29) is 5.69 Å². The first-order chi connectivity index (χ1) is 10.1. The predicted octanol–water partition coefficient (Wildman–Crippen LogP) is 3.92. The standard InChI is InChI=1S/C14H9ClN2O3S/c15-13(18)7-5-10-4-6-12(11(9-10)17(19)20)21-14-3-1-2-8-16-14/h1-9H. The number of nitro benzene ring substituents is 1. The lowest BCUT2D eigenvalue weighted by Crippen LogP contribution is -1.92. The Bertz CT molecular complexity index is 705. The molecule has 0 saturated heterocycles. The van der Waals surface area contributed by atoms with Gasteiger partial charge in [0.25, 0.3) is 5.69 Å². The highest BCUT2D eigenvalue weighted by atomic mass is 35.5. The molecule has 0 unspecified atom stereocenters. The highest BCUT2D eigenvalue weighted by Crippen LogP contribution is 2.34. The zero-order chi connectivity index (χ0) is 15.2. The maximum absolute atomic E-state index is 11.2. The van der Waals surface area contributed by atoms with Crippen LogP contribution >= 0.6 is 23.4 Å². The van der Waals surface area contributed by atoms with Crippen molar-refractivity contribution in [3.63, 3.8) is 0 Å². The second kappa shape index (κ2) is 7.01. The zero-order valence-corrected chi connectivity index (χ0v) is 12.2. The van der Waals surface area contributed by atoms with Gasteiger partial charge < -0.3 is 0 Å². The monoisotopic (exact) mass is 320 g/mol. The van der Waals surface area contributed by atoms with E-state index in [1.807, 2.05) is 6.07 Å². The van der Waals surface area contributed by atoms with Gasteiger partial charge in [-0.2, -0.15) is 0 Å². The van der Waals surface area contributed by atoms with Crippen molar-refractivity contribution in [2.75, 3.05) is 0 Å². The molecule has 5 nitrogen and oxygen atoms in total. The summed E-state index contributed by atoms with van der Waals surface area (Å²) in [5.74, 6) is 0. The molecule has 0 fully saturated rings. The Morgan fingerprint density at radius 3 is 2.76 bits per heavy atom. The van der Waals surface area contributed by atoms with Gasteiger partial charge in [0.15, 0.2) is 0 Å². The average Bonchev–Trinajstić information content (AvgIpc) is 2.47. The average molecular weight is 321 g/mol. The molecule has 1 heterocycles. The third-order valence-electron chi connectivity index (χ3n) is 2.44. The molecule has 2 aromatic rings. The van der Waals surface area contributed by atoms with Crippen molar-refractivity contribution < 1.29 is 9.72 Å². The number of hydrogen-bond acceptors (Lipinski definition) is 5. The van der Waals surface area contributed by atoms with E-state index in [1.54, 1.807) is 30.5 Å². The maximum Gasteiger partial charge on any atom is 0.283 e. The largest absolute Gasteiger partial charge is 0.283 e. The van der Waals surface area contributed by atoms with E-state index >= 15 is 0 Å². The first-order valence-corrected chi connectivity index (χ1v) is 7.00. The fraction of sp³-hybridized carbons (Fsp3) is 0. The molecule has 1 aromatic carbocycles. The van der Waals surface area contributed by atoms with Crippen LogP contribution in [0, 0.1) is 10.1 Å². The van der Waals surface area contributed by atoms with Gasteiger partial charge in [-0.05, 0) is 47.5 Å². The highest BCUT2D eigenvalue weighted by molar-refractivity contribution is 7.99. The van der Waals surface area contributed by atoms with Crippen molar-refractivity contribution in [2.24, 2.45) is 0 Å². The molecule has 0 atom stereocenters. The summed E-state index contributed by atoms with van der Waals surface area (Å²) in [6.45, 7) is 0. The molecule has 0 aliphatic heterocycles. The van der Waals surface area contributed by atoms with E-state index in [2.05, 4.69) is 4.98 Å². The molecule has 2 rings (SSSR count). The number of benzene rings is 1. The number of nitro groups is 1. The molecule has 0 aliphatic rings. The third-order valence-corrected chi connectivity index (χ3v) is 3.58. The summed E-state index contributed by atoms with van der Waals surface area (Å²) in [6, 6.07) is 10.0. The summed E-state index contributed by atoms with van der Waals surface area (Å²) in [5, 5.41) is 11.2. The topological polar surface area (TPSA) is 73.1 Å². The number of carbonyl (C=O) groups excluding carboxylic acids is 1. The lowest BCUT2D eigenvalue weighted by molar-refractivity contribution is -0.387. The molecule has 0 spiro atoms. The molecule has 1 aromatic heterocycles. The smallest absolute Gasteiger partial charge is 0.276 e. The van der Waals surface area contributed by atoms with Gasteiger partial charge in [0.1, 0.15) is 5.03 Å². The summed E-state index contributed by atoms with van der Waals surface area (Å²) >= 11 is 6.40. The second-order valence-corrected chi connectivity index (χ2v) is 5.33. The van der Waals surface area contributed by atoms with Gasteiger partial charge >= 0.3 is 0 Å². The molecule has 0 aliphatic carbocycles. The van der Waals surface area contributed by atoms with Crippen LogP contribution in [0.2, 0.25) is 0 Å². The van der Waals surface area contributed by atoms with Crippen molar-refractivity contribution in [1.29, 1.82) is 0 Å². The van der Waals surface area contributed by atoms with Crippen molar-refractivity contribution in [3.8, 4) is 0 Å². The number of hydrogen-bond donors (Lipinski definition) is 0. The van der Waals surface area contributed by atoms with E-state index in [4.69, 9.17) is 11.6 Å². The lowest BCUT2D eigenvalue weighted by atomic mass is 10.2. The van der Waals surface area contributed by atoms with Crippen LogP contribution in [-0.2, 0) is 4.79 Å². The van der Waals surface area contributed by atoms with E-state index in [9.17, 15) is 14.9 Å². The van der Waals surface area contributed by atoms with Crippen LogP contribution in [0.1, 0.15) is 5.56 Å². The Kier molecular flexibility index (Phi) is 5.08. The van der Waals surface area contributed by atoms with E-state index in [1.165, 1.54) is 23.9 Å². The zero-order valence-electron chi connectivity index (χ0n) is 10.6. The van der Waals surface area contributed by atoms with Gasteiger partial charge in [0, 0.05) is 12.3 Å². The minimum Gasteiger partial charge on any atom is -0.276 e. The number of rotatable bonds is 5. The number of pyridine rings is 1. The normalized spacial score (nSPS) is 10.7. The molecule has 7 heteroatoms. The van der Waals surface area contributed by atoms with Crippen LogP contribution in [0.5, 0.6) is 0 Å². The number of allylic oxidation sites excluding steroid dienone is 1. The van der Waals surface area contributed by atoms with Gasteiger partial charge in [-0.1, -0.05) is 23.9 Å². The Morgan fingerprint density at radius 1 is 1.33 bits per heavy atom. The fourth-order valence-corrected chi connectivity index (χ4v) is 2.47. The van der Waals surface area contributed by atoms with E-state index in [0.29, 0.717) is 15.5 Å². The van der Waals surface area contributed by atoms with Gasteiger partial charge in [-0.15, -0.1) is 0 Å². The Balaban J connectivity index is 2.33. The van der Waals surface area contributed by atoms with Crippen molar-refractivity contribution in [1.82, 2.24) is 4.98 Å². The summed E-state index contributed by atoms with van der Waals surface area (Å²) in [7, 11) is 0. The molecule has 0 bridgehead atoms. The number of nitrogens with zero attached hydrogens (tertiary/aromatic N) is 2. The van der Waals surface area contributed by atoms with Gasteiger partial charge in [0.2, 0.25) is 5.24 Å². The van der Waals surface area contributed by atoms with Crippen LogP contribution in [0.25, 0.3) is 6.08 Å². The van der Waals surface area contributed by atoms with Gasteiger partial charge in [-0.3, -0.25) is 14.9 Å². The quantitative estimate of drug-likeness (QED) is 0.361. The Labute approximate surface area is 129 Å². The Hall–Kier alpha value is -2.18. The summed E-state index contributed by atoms with van der Waals surface area (Å²) in [6.07, 6.45) is 4.20. The second-order valence-electron chi connectivity index (χ2n) is 3.89. The van der Waals surface area contributed by atoms with Crippen molar-refractivity contribution in [2.45, 2.75) is 9.92 Å². The summed E-state index contributed by atoms with van der Waals surface area (Å²) in [4.78, 5) is 26.0. The van der Waals surface area contributed by atoms with Crippen LogP contribution < -0.4 is 0 Å². The van der Waals surface area contributed by atoms with Crippen LogP contribution in [0.3, 0.4) is 0 Å². The molecule has 0 radical (unpaired) electrons. The van der Waals surface area contributed by atoms with Gasteiger partial charge in [-0.25, -0.2) is 4.98 Å². The van der Waals surface area contributed by atoms with Crippen LogP contribution in [-0.4, -0.2) is 15.1 Å². The third kappa shape index (κ3) is 4.40. The number of halogens is 1. The van der Waals surface area contributed by atoms with Crippen molar-refractivity contribution >= 4 is 40.4 Å². The number of carbonyl (C=O) groups is 1. The highest BCUT2D eigenvalue weighted by Gasteiger charge is 2.15. The minimum absolute atomic E-state index is 0.0465. The molecule has 0 N–H and O–H groups in total. The van der Waals surface area contributed by atoms with E-state index < -0.39 is 10.2 Å². The Morgan fingerprint density at radius 2 is 2.14 bits per heavy atom. The first-order valence-electron chi connectivity index (χ1n) is 5.81. The SMILES string of the molecule is O=C(Cl)C=Cc1ccc(Sc2ccccn2)c([N+](=O)[O-])c1. The van der Waals surface area contributed by atoms with Crippen LogP contribution in [0.4, 0.5) is 5.69 Å². The summed E-state index contributed by atoms with van der Waals surface area (Å²) < 4.78 is 0. The first kappa shape index (κ1) is 15.2. The molecule has 0 amide bonds. The minimum atomic E-state index is -0.635. The van der Waals surface area contributed by atoms with Crippen molar-refractivity contribution in [3.05, 3.63) is 64.3 Å². The number of aromatic nitrogens is 1. The molecular formula is C14H9ClN2O3S. The molecule has 106 valence electrons. The van der Waals surface area contributed by atoms with Gasteiger partial charge in [0.05, 0.1) is 9.82 Å². The maximum atomic E-state index is 11.2. The van der Waals surface area contributed by atoms with E-state index in [0.717, 1.165) is 6.08 Å². The molecular weight excluding hydrogens is 312 g/mol. The molecule has 0 saturated carbocycles.